The zero-order valence-corrected chi connectivity index (χ0v) is 20.3. The van der Waals surface area contributed by atoms with Gasteiger partial charge in [-0.25, -0.2) is 0 Å². The van der Waals surface area contributed by atoms with Gasteiger partial charge >= 0.3 is 0 Å². The van der Waals surface area contributed by atoms with Crippen molar-refractivity contribution in [3.8, 4) is 12.1 Å². The molecule has 1 aromatic heterocycles. The molecule has 3 rings (SSSR count). The van der Waals surface area contributed by atoms with Crippen molar-refractivity contribution in [3.05, 3.63) is 49.4 Å². The normalized spacial score (nSPS) is 17.3. The number of rotatable bonds is 8. The van der Waals surface area contributed by atoms with Gasteiger partial charge in [0, 0.05) is 37.3 Å². The Labute approximate surface area is 200 Å². The largest absolute Gasteiger partial charge is 0.360 e. The van der Waals surface area contributed by atoms with Crippen LogP contribution < -0.4 is 25.4 Å². The molecule has 2 aromatic rings. The average molecular weight is 483 g/mol. The number of nitrogens with one attached hydrogen (secondary N) is 2. The van der Waals surface area contributed by atoms with E-state index in [1.165, 1.54) is 15.9 Å². The van der Waals surface area contributed by atoms with Crippen molar-refractivity contribution in [1.29, 1.82) is 10.5 Å². The Morgan fingerprint density at radius 1 is 1.36 bits per heavy atom. The van der Waals surface area contributed by atoms with E-state index in [2.05, 4.69) is 34.6 Å². The lowest BCUT2D eigenvalue weighted by molar-refractivity contribution is -0.115. The summed E-state index contributed by atoms with van der Waals surface area (Å²) in [5, 5.41) is 24.2. The predicted octanol–water partition coefficient (Wildman–Crippen LogP) is 1.03. The molecular weight excluding hydrogens is 456 g/mol. The fraction of sp³-hybridized carbons (Fsp3) is 0.391. The van der Waals surface area contributed by atoms with Crippen LogP contribution in [0.3, 0.4) is 0 Å². The molecule has 1 aliphatic heterocycles. The van der Waals surface area contributed by atoms with E-state index in [1.54, 1.807) is 19.2 Å². The SMILES string of the molecule is CCn1c(=C(C#N)C(=O)NCC#N)sc(=CNc2cccc(CCN3CCSC3C)c2)c1=O. The Hall–Kier alpha value is -3.05. The van der Waals surface area contributed by atoms with Crippen LogP contribution in [0.4, 0.5) is 5.69 Å². The van der Waals surface area contributed by atoms with Crippen LogP contribution in [-0.4, -0.2) is 46.1 Å². The summed E-state index contributed by atoms with van der Waals surface area (Å²) in [6.45, 7) is 6.26. The molecule has 1 saturated heterocycles. The Bertz CT molecular complexity index is 1270. The number of anilines is 1. The molecular formula is C23H26N6O2S2. The minimum atomic E-state index is -0.666. The molecule has 0 radical (unpaired) electrons. The van der Waals surface area contributed by atoms with Gasteiger partial charge in [0.05, 0.1) is 11.4 Å². The fourth-order valence-corrected chi connectivity index (χ4v) is 5.74. The number of nitriles is 2. The molecule has 0 saturated carbocycles. The number of nitrogens with zero attached hydrogens (tertiary/aromatic N) is 4. The topological polar surface area (TPSA) is 114 Å². The third-order valence-electron chi connectivity index (χ3n) is 5.34. The van der Waals surface area contributed by atoms with Crippen LogP contribution in [0.2, 0.25) is 0 Å². The highest BCUT2D eigenvalue weighted by Gasteiger charge is 2.20. The summed E-state index contributed by atoms with van der Waals surface area (Å²) in [4.78, 5) is 27.6. The minimum absolute atomic E-state index is 0.176. The first kappa shape index (κ1) is 24.6. The first-order chi connectivity index (χ1) is 16.0. The van der Waals surface area contributed by atoms with Crippen LogP contribution in [0.15, 0.2) is 29.1 Å². The third-order valence-corrected chi connectivity index (χ3v) is 7.67. The number of thioether (sulfide) groups is 1. The molecule has 0 bridgehead atoms. The lowest BCUT2D eigenvalue weighted by Gasteiger charge is -2.19. The van der Waals surface area contributed by atoms with Gasteiger partial charge in [-0.2, -0.15) is 10.5 Å². The standard InChI is InChI=1S/C23H26N6O2S2/c1-3-29-22(31)20(33-23(29)19(14-25)21(30)26-9-8-24)15-27-18-6-4-5-17(13-18)7-10-28-11-12-32-16(28)2/h4-6,13,15-16,27H,3,7,9-12H2,1-2H3,(H,26,30). The molecule has 33 heavy (non-hydrogen) atoms. The fourth-order valence-electron chi connectivity index (χ4n) is 3.56. The summed E-state index contributed by atoms with van der Waals surface area (Å²) < 4.78 is 2.06. The number of benzene rings is 1. The zero-order valence-electron chi connectivity index (χ0n) is 18.6. The second-order valence-corrected chi connectivity index (χ2v) is 9.85. The molecule has 8 nitrogen and oxygen atoms in total. The first-order valence-electron chi connectivity index (χ1n) is 10.7. The van der Waals surface area contributed by atoms with Crippen LogP contribution in [0.1, 0.15) is 19.4 Å². The number of carbonyl (C=O) groups is 1. The van der Waals surface area contributed by atoms with E-state index in [0.717, 1.165) is 36.5 Å². The van der Waals surface area contributed by atoms with Crippen molar-refractivity contribution in [3.63, 3.8) is 0 Å². The van der Waals surface area contributed by atoms with E-state index >= 15 is 0 Å². The van der Waals surface area contributed by atoms with Crippen molar-refractivity contribution in [2.24, 2.45) is 0 Å². The molecule has 1 fully saturated rings. The quantitative estimate of drug-likeness (QED) is 0.540. The van der Waals surface area contributed by atoms with Gasteiger partial charge in [-0.3, -0.25) is 19.1 Å². The molecule has 2 heterocycles. The summed E-state index contributed by atoms with van der Waals surface area (Å²) >= 11 is 3.06. The number of aromatic nitrogens is 1. The molecule has 2 N–H and O–H groups in total. The Kier molecular flexibility index (Phi) is 8.72. The highest BCUT2D eigenvalue weighted by molar-refractivity contribution is 8.00. The van der Waals surface area contributed by atoms with Crippen molar-refractivity contribution in [1.82, 2.24) is 14.8 Å². The molecule has 1 atom stereocenters. The number of carbonyl (C=O) groups excluding carboxylic acids is 1. The number of hydrogen-bond acceptors (Lipinski definition) is 8. The first-order valence-corrected chi connectivity index (χ1v) is 12.6. The van der Waals surface area contributed by atoms with Gasteiger partial charge in [-0.05, 0) is 38.0 Å². The van der Waals surface area contributed by atoms with Crippen LogP contribution in [0.25, 0.3) is 11.8 Å². The van der Waals surface area contributed by atoms with Gasteiger partial charge in [0.15, 0.2) is 5.57 Å². The second-order valence-electron chi connectivity index (χ2n) is 7.39. The second kappa shape index (κ2) is 11.7. The van der Waals surface area contributed by atoms with E-state index in [-0.39, 0.29) is 22.3 Å². The van der Waals surface area contributed by atoms with Crippen molar-refractivity contribution in [2.45, 2.75) is 32.2 Å². The summed E-state index contributed by atoms with van der Waals surface area (Å²) in [6, 6.07) is 11.8. The van der Waals surface area contributed by atoms with Crippen molar-refractivity contribution in [2.75, 3.05) is 30.7 Å². The molecule has 1 aromatic carbocycles. The van der Waals surface area contributed by atoms with Gasteiger partial charge in [0.1, 0.15) is 21.8 Å². The molecule has 0 spiro atoms. The molecule has 0 aliphatic carbocycles. The van der Waals surface area contributed by atoms with Gasteiger partial charge < -0.3 is 10.6 Å². The summed E-state index contributed by atoms with van der Waals surface area (Å²) in [6.07, 6.45) is 2.56. The summed E-state index contributed by atoms with van der Waals surface area (Å²) in [7, 11) is 0. The summed E-state index contributed by atoms with van der Waals surface area (Å²) in [5.74, 6) is 0.515. The Balaban J connectivity index is 1.84. The van der Waals surface area contributed by atoms with E-state index < -0.39 is 5.91 Å². The maximum atomic E-state index is 12.8. The van der Waals surface area contributed by atoms with Crippen LogP contribution in [0, 0.1) is 22.7 Å². The van der Waals surface area contributed by atoms with Crippen LogP contribution in [0.5, 0.6) is 0 Å². The maximum Gasteiger partial charge on any atom is 0.270 e. The van der Waals surface area contributed by atoms with Gasteiger partial charge in [0.2, 0.25) is 0 Å². The van der Waals surface area contributed by atoms with Gasteiger partial charge in [-0.15, -0.1) is 23.1 Å². The van der Waals surface area contributed by atoms with Crippen molar-refractivity contribution < 1.29 is 4.79 Å². The van der Waals surface area contributed by atoms with E-state index in [4.69, 9.17) is 5.26 Å². The lowest BCUT2D eigenvalue weighted by Crippen LogP contribution is -2.34. The molecule has 1 aliphatic rings. The molecule has 1 amide bonds. The third kappa shape index (κ3) is 6.05. The monoisotopic (exact) mass is 482 g/mol. The van der Waals surface area contributed by atoms with E-state index in [0.29, 0.717) is 16.5 Å². The average Bonchev–Trinajstić information content (AvgIpc) is 3.37. The van der Waals surface area contributed by atoms with E-state index in [1.807, 2.05) is 30.0 Å². The number of hydrogen-bond donors (Lipinski definition) is 2. The molecule has 172 valence electrons. The zero-order chi connectivity index (χ0) is 23.8. The molecule has 10 heteroatoms. The van der Waals surface area contributed by atoms with Gasteiger partial charge in [-0.1, -0.05) is 12.1 Å². The highest BCUT2D eigenvalue weighted by atomic mass is 32.2. The summed E-state index contributed by atoms with van der Waals surface area (Å²) in [5.41, 5.74) is 1.63. The number of thiazole rings is 1. The lowest BCUT2D eigenvalue weighted by atomic mass is 10.1. The predicted molar refractivity (Wildman–Crippen MR) is 133 cm³/mol. The highest BCUT2D eigenvalue weighted by Crippen LogP contribution is 2.23. The smallest absolute Gasteiger partial charge is 0.270 e. The Morgan fingerprint density at radius 2 is 2.18 bits per heavy atom. The minimum Gasteiger partial charge on any atom is -0.360 e. The number of amides is 1. The van der Waals surface area contributed by atoms with Crippen molar-refractivity contribution >= 4 is 46.5 Å². The Morgan fingerprint density at radius 3 is 2.85 bits per heavy atom. The van der Waals surface area contributed by atoms with Crippen LogP contribution >= 0.6 is 23.1 Å². The van der Waals surface area contributed by atoms with Gasteiger partial charge in [0.25, 0.3) is 11.5 Å². The molecule has 1 unspecified atom stereocenters. The van der Waals surface area contributed by atoms with Crippen LogP contribution in [-0.2, 0) is 17.8 Å². The van der Waals surface area contributed by atoms with E-state index in [9.17, 15) is 14.9 Å². The maximum absolute atomic E-state index is 12.8.